The van der Waals surface area contributed by atoms with Crippen LogP contribution in [0, 0.1) is 0 Å². The van der Waals surface area contributed by atoms with E-state index in [2.05, 4.69) is 46.1 Å². The lowest BCUT2D eigenvalue weighted by Gasteiger charge is -2.36. The van der Waals surface area contributed by atoms with Crippen molar-refractivity contribution in [2.24, 2.45) is 0 Å². The van der Waals surface area contributed by atoms with E-state index in [-0.39, 0.29) is 28.4 Å². The number of halogens is 1. The molecule has 0 N–H and O–H groups in total. The van der Waals surface area contributed by atoms with Crippen molar-refractivity contribution in [2.45, 2.75) is 43.4 Å². The van der Waals surface area contributed by atoms with Gasteiger partial charge in [-0.05, 0) is 55.7 Å². The van der Waals surface area contributed by atoms with Crippen molar-refractivity contribution in [3.63, 3.8) is 0 Å². The molecule has 0 spiro atoms. The minimum absolute atomic E-state index is 0.0146. The highest BCUT2D eigenvalue weighted by Crippen LogP contribution is 2.34. The maximum Gasteiger partial charge on any atom is 0.265 e. The Hall–Kier alpha value is -3.86. The van der Waals surface area contributed by atoms with Crippen LogP contribution in [-0.2, 0) is 16.6 Å². The number of piperidine rings is 1. The Bertz CT molecular complexity index is 1620. The molecule has 5 rings (SSSR count). The second-order valence-corrected chi connectivity index (χ2v) is 12.6. The first-order chi connectivity index (χ1) is 20.8. The summed E-state index contributed by atoms with van der Waals surface area (Å²) in [6.45, 7) is 3.98. The van der Waals surface area contributed by atoms with Crippen LogP contribution in [0.4, 0.5) is 5.82 Å². The van der Waals surface area contributed by atoms with Crippen LogP contribution >= 0.6 is 11.6 Å². The van der Waals surface area contributed by atoms with Crippen molar-refractivity contribution in [3.8, 4) is 17.2 Å². The molecule has 0 saturated carbocycles. The first kappa shape index (κ1) is 30.6. The quantitative estimate of drug-likeness (QED) is 0.197. The second kappa shape index (κ2) is 13.6. The second-order valence-electron chi connectivity index (χ2n) is 10.3. The molecule has 226 valence electrons. The number of rotatable bonds is 11. The first-order valence-electron chi connectivity index (χ1n) is 14.0. The molecule has 0 unspecified atom stereocenters. The summed E-state index contributed by atoms with van der Waals surface area (Å²) in [6.07, 6.45) is 4.47. The summed E-state index contributed by atoms with van der Waals surface area (Å²) >= 11 is 6.63. The molecule has 1 fully saturated rings. The van der Waals surface area contributed by atoms with Crippen molar-refractivity contribution in [3.05, 3.63) is 101 Å². The largest absolute Gasteiger partial charge is 0.497 e. The van der Waals surface area contributed by atoms with Crippen molar-refractivity contribution >= 4 is 27.4 Å². The average molecular weight is 623 g/mol. The molecular formula is C32H35ClN4O5S. The van der Waals surface area contributed by atoms with Crippen molar-refractivity contribution < 1.29 is 22.6 Å². The van der Waals surface area contributed by atoms with Gasteiger partial charge in [0.1, 0.15) is 35.5 Å². The van der Waals surface area contributed by atoms with Gasteiger partial charge >= 0.3 is 0 Å². The number of hydrogen-bond acceptors (Lipinski definition) is 8. The van der Waals surface area contributed by atoms with Gasteiger partial charge in [-0.15, -0.1) is 0 Å². The Morgan fingerprint density at radius 1 is 0.977 bits per heavy atom. The molecule has 9 nitrogen and oxygen atoms in total. The fourth-order valence-corrected chi connectivity index (χ4v) is 6.94. The summed E-state index contributed by atoms with van der Waals surface area (Å²) in [5.41, 5.74) is 1.92. The van der Waals surface area contributed by atoms with Gasteiger partial charge in [-0.2, -0.15) is 0 Å². The Kier molecular flexibility index (Phi) is 9.69. The van der Waals surface area contributed by atoms with Crippen molar-refractivity contribution in [1.29, 1.82) is 0 Å². The van der Waals surface area contributed by atoms with Crippen LogP contribution < -0.4 is 18.5 Å². The number of hydrogen-bond donors (Lipinski definition) is 0. The lowest BCUT2D eigenvalue weighted by Crippen LogP contribution is -2.39. The molecule has 1 atom stereocenters. The normalized spacial score (nSPS) is 15.1. The van der Waals surface area contributed by atoms with Crippen LogP contribution in [0.25, 0.3) is 0 Å². The van der Waals surface area contributed by atoms with E-state index in [4.69, 9.17) is 25.8 Å². The third-order valence-electron chi connectivity index (χ3n) is 7.72. The minimum Gasteiger partial charge on any atom is -0.497 e. The zero-order valence-electron chi connectivity index (χ0n) is 24.4. The number of aromatic nitrogens is 2. The molecule has 4 aromatic rings. The van der Waals surface area contributed by atoms with E-state index < -0.39 is 10.0 Å². The molecule has 0 aliphatic carbocycles. The molecule has 0 radical (unpaired) electrons. The van der Waals surface area contributed by atoms with Gasteiger partial charge in [0, 0.05) is 43.0 Å². The number of methoxy groups -OCH3 is 2. The summed E-state index contributed by atoms with van der Waals surface area (Å²) < 4.78 is 46.3. The fraction of sp³-hybridized carbons (Fsp3) is 0.312. The van der Waals surface area contributed by atoms with E-state index in [9.17, 15) is 8.42 Å². The van der Waals surface area contributed by atoms with Gasteiger partial charge in [0.05, 0.1) is 30.7 Å². The van der Waals surface area contributed by atoms with Crippen LogP contribution in [0.2, 0.25) is 5.02 Å². The molecule has 3 aromatic carbocycles. The van der Waals surface area contributed by atoms with E-state index >= 15 is 0 Å². The van der Waals surface area contributed by atoms with E-state index in [1.165, 1.54) is 47.7 Å². The molecule has 1 saturated heterocycles. The van der Waals surface area contributed by atoms with Gasteiger partial charge in [-0.3, -0.25) is 4.90 Å². The highest BCUT2D eigenvalue weighted by Gasteiger charge is 2.29. The van der Waals surface area contributed by atoms with Gasteiger partial charge in [0.15, 0.2) is 0 Å². The maximum atomic E-state index is 14.0. The highest BCUT2D eigenvalue weighted by molar-refractivity contribution is 7.92. The maximum absolute atomic E-state index is 14.0. The molecule has 0 bridgehead atoms. The van der Waals surface area contributed by atoms with Gasteiger partial charge < -0.3 is 14.2 Å². The number of likely N-dealkylation sites (tertiary alicyclic amines) is 1. The summed E-state index contributed by atoms with van der Waals surface area (Å²) in [6, 6.07) is 22.1. The third kappa shape index (κ3) is 7.04. The lowest BCUT2D eigenvalue weighted by atomic mass is 10.0. The molecular weight excluding hydrogens is 588 g/mol. The molecule has 0 amide bonds. The molecule has 2 heterocycles. The number of ether oxygens (including phenoxy) is 3. The van der Waals surface area contributed by atoms with Gasteiger partial charge in [-0.25, -0.2) is 22.7 Å². The van der Waals surface area contributed by atoms with Gasteiger partial charge in [0.2, 0.25) is 0 Å². The zero-order valence-corrected chi connectivity index (χ0v) is 26.0. The topological polar surface area (TPSA) is 94.1 Å². The Labute approximate surface area is 258 Å². The summed E-state index contributed by atoms with van der Waals surface area (Å²) in [7, 11) is -1.02. The predicted molar refractivity (Wildman–Crippen MR) is 166 cm³/mol. The SMILES string of the molecule is COc1ccc(CN(c2ccncn2)S(=O)(=O)c2ccc(OC3CCN([C@@H](C)c4ccccc4)CC3)c(Cl)c2)c(OC)c1. The summed E-state index contributed by atoms with van der Waals surface area (Å²) in [4.78, 5) is 10.6. The average Bonchev–Trinajstić information content (AvgIpc) is 3.05. The molecule has 1 aliphatic heterocycles. The monoisotopic (exact) mass is 622 g/mol. The zero-order chi connectivity index (χ0) is 30.4. The number of benzene rings is 3. The smallest absolute Gasteiger partial charge is 0.265 e. The van der Waals surface area contributed by atoms with Crippen LogP contribution in [-0.4, -0.2) is 56.7 Å². The number of nitrogens with zero attached hydrogens (tertiary/aromatic N) is 4. The van der Waals surface area contributed by atoms with Gasteiger partial charge in [0.25, 0.3) is 10.0 Å². The summed E-state index contributed by atoms with van der Waals surface area (Å²) in [5, 5.41) is 0.228. The van der Waals surface area contributed by atoms with Crippen LogP contribution in [0.15, 0.2) is 90.2 Å². The highest BCUT2D eigenvalue weighted by atomic mass is 35.5. The van der Waals surface area contributed by atoms with Crippen LogP contribution in [0.1, 0.15) is 36.9 Å². The van der Waals surface area contributed by atoms with Crippen molar-refractivity contribution in [1.82, 2.24) is 14.9 Å². The Morgan fingerprint density at radius 3 is 2.40 bits per heavy atom. The minimum atomic E-state index is -4.10. The van der Waals surface area contributed by atoms with E-state index in [0.29, 0.717) is 28.9 Å². The van der Waals surface area contributed by atoms with E-state index in [0.717, 1.165) is 25.9 Å². The Morgan fingerprint density at radius 2 is 1.74 bits per heavy atom. The number of anilines is 1. The van der Waals surface area contributed by atoms with Crippen LogP contribution in [0.3, 0.4) is 0 Å². The third-order valence-corrected chi connectivity index (χ3v) is 9.76. The van der Waals surface area contributed by atoms with Gasteiger partial charge in [-0.1, -0.05) is 41.9 Å². The molecule has 1 aromatic heterocycles. The molecule has 43 heavy (non-hydrogen) atoms. The molecule has 11 heteroatoms. The Balaban J connectivity index is 1.32. The van der Waals surface area contributed by atoms with E-state index in [1.807, 2.05) is 6.07 Å². The van der Waals surface area contributed by atoms with Crippen LogP contribution in [0.5, 0.6) is 17.2 Å². The predicted octanol–water partition coefficient (Wildman–Crippen LogP) is 6.15. The number of sulfonamides is 1. The summed E-state index contributed by atoms with van der Waals surface area (Å²) in [5.74, 6) is 1.75. The molecule has 1 aliphatic rings. The fourth-order valence-electron chi connectivity index (χ4n) is 5.23. The van der Waals surface area contributed by atoms with E-state index in [1.54, 1.807) is 31.4 Å². The first-order valence-corrected chi connectivity index (χ1v) is 15.9. The van der Waals surface area contributed by atoms with Crippen molar-refractivity contribution in [2.75, 3.05) is 31.6 Å². The lowest BCUT2D eigenvalue weighted by molar-refractivity contribution is 0.0797. The standard InChI is InChI=1S/C32H35ClN4O5S/c1-23(24-7-5-4-6-8-24)36-17-14-26(15-18-36)42-30-12-11-28(20-29(30)33)43(38,39)37(32-13-16-34-22-35-32)21-25-9-10-27(40-2)19-31(25)41-3/h4-13,16,19-20,22-23,26H,14-15,17-18,21H2,1-3H3/t23-/m0/s1.